The van der Waals surface area contributed by atoms with E-state index in [1.54, 1.807) is 24.8 Å². The van der Waals surface area contributed by atoms with Crippen molar-refractivity contribution in [2.75, 3.05) is 0 Å². The van der Waals surface area contributed by atoms with Gasteiger partial charge >= 0.3 is 21.1 Å². The first-order chi connectivity index (χ1) is 22.3. The Morgan fingerprint density at radius 3 is 1.39 bits per heavy atom. The molecule has 10 aromatic rings. The number of aromatic nitrogens is 10. The maximum absolute atomic E-state index is 6.36. The minimum absolute atomic E-state index is 0. The standard InChI is InChI=1S/C34H18N10O.Pt/c1-3-13-27-25(11-1)39-33-41(29-31(43(27)33)37-17-15-35-29)21-7-5-9-23(19-21)45-24-10-6-8-22(20-24)42-30-32(38-18-16-36-30)44-28-14-4-2-12-26(28)40-34(42)44;/h1-18H;/q-2;+2. The normalized spacial score (nSPS) is 11.7. The summed E-state index contributed by atoms with van der Waals surface area (Å²) in [5.41, 5.74) is 7.85. The molecule has 0 amide bonds. The van der Waals surface area contributed by atoms with Gasteiger partial charge in [0, 0.05) is 36.3 Å². The zero-order valence-electron chi connectivity index (χ0n) is 23.6. The smallest absolute Gasteiger partial charge is 0.509 e. The molecule has 0 saturated heterocycles. The predicted molar refractivity (Wildman–Crippen MR) is 168 cm³/mol. The summed E-state index contributed by atoms with van der Waals surface area (Å²) in [6.45, 7) is 0. The van der Waals surface area contributed by atoms with Crippen molar-refractivity contribution in [3.8, 4) is 22.9 Å². The second-order valence-corrected chi connectivity index (χ2v) is 10.5. The van der Waals surface area contributed by atoms with Crippen LogP contribution >= 0.6 is 0 Å². The number of nitrogens with zero attached hydrogens (tertiary/aromatic N) is 10. The third-order valence-corrected chi connectivity index (χ3v) is 7.86. The first-order valence-corrected chi connectivity index (χ1v) is 14.2. The Bertz CT molecular complexity index is 2590. The second-order valence-electron chi connectivity index (χ2n) is 10.5. The van der Waals surface area contributed by atoms with E-state index < -0.39 is 0 Å². The van der Waals surface area contributed by atoms with Crippen LogP contribution < -0.4 is 4.74 Å². The van der Waals surface area contributed by atoms with E-state index in [1.807, 2.05) is 103 Å². The quantitative estimate of drug-likeness (QED) is 0.198. The molecule has 6 heterocycles. The van der Waals surface area contributed by atoms with Crippen molar-refractivity contribution in [2.24, 2.45) is 0 Å². The molecule has 0 spiro atoms. The fourth-order valence-electron chi connectivity index (χ4n) is 6.03. The van der Waals surface area contributed by atoms with Gasteiger partial charge in [-0.2, -0.15) is 12.1 Å². The van der Waals surface area contributed by atoms with Gasteiger partial charge in [0.05, 0.1) is 22.1 Å². The maximum Gasteiger partial charge on any atom is 2.00 e. The molecule has 4 aromatic carbocycles. The summed E-state index contributed by atoms with van der Waals surface area (Å²) in [4.78, 5) is 28.4. The Kier molecular flexibility index (Phi) is 5.78. The molecule has 0 aliphatic carbocycles. The SMILES string of the molecule is [Pt+2].[c-]1c(Oc2[c-]c(-n3c4nccnc4n4c5ccccc5nc34)ccc2)cccc1-n1c2nccnc2n2c3ccccc3nc12. The number of imidazole rings is 4. The van der Waals surface area contributed by atoms with Crippen molar-refractivity contribution < 1.29 is 25.8 Å². The number of rotatable bonds is 4. The largest absolute Gasteiger partial charge is 2.00 e. The summed E-state index contributed by atoms with van der Waals surface area (Å²) in [7, 11) is 0. The van der Waals surface area contributed by atoms with Crippen LogP contribution in [-0.2, 0) is 21.1 Å². The topological polar surface area (TPSA) is 105 Å². The van der Waals surface area contributed by atoms with Crippen molar-refractivity contribution in [3.05, 3.63) is 122 Å². The first-order valence-electron chi connectivity index (χ1n) is 14.2. The van der Waals surface area contributed by atoms with E-state index in [2.05, 4.69) is 32.1 Å². The molecule has 0 unspecified atom stereocenters. The van der Waals surface area contributed by atoms with Gasteiger partial charge in [-0.25, -0.2) is 29.9 Å². The molecule has 0 atom stereocenters. The van der Waals surface area contributed by atoms with Gasteiger partial charge in [-0.05, 0) is 24.3 Å². The number of para-hydroxylation sites is 4. The van der Waals surface area contributed by atoms with Crippen molar-refractivity contribution >= 4 is 56.2 Å². The van der Waals surface area contributed by atoms with Gasteiger partial charge in [0.2, 0.25) is 11.6 Å². The van der Waals surface area contributed by atoms with Gasteiger partial charge in [-0.3, -0.25) is 17.9 Å². The molecule has 12 heteroatoms. The van der Waals surface area contributed by atoms with Crippen molar-refractivity contribution in [1.29, 1.82) is 0 Å². The summed E-state index contributed by atoms with van der Waals surface area (Å²) in [6.07, 6.45) is 6.73. The average molecular weight is 778 g/mol. The van der Waals surface area contributed by atoms with E-state index in [1.165, 1.54) is 0 Å². The molecule has 0 radical (unpaired) electrons. The van der Waals surface area contributed by atoms with Crippen LogP contribution in [0, 0.1) is 12.1 Å². The number of fused-ring (bicyclic) bond motifs is 10. The van der Waals surface area contributed by atoms with Crippen LogP contribution in [0.15, 0.2) is 110 Å². The molecule has 0 bridgehead atoms. The molecule has 46 heavy (non-hydrogen) atoms. The maximum atomic E-state index is 6.36. The van der Waals surface area contributed by atoms with Gasteiger partial charge in [0.25, 0.3) is 0 Å². The van der Waals surface area contributed by atoms with Crippen LogP contribution in [0.4, 0.5) is 0 Å². The van der Waals surface area contributed by atoms with Gasteiger partial charge in [0.15, 0.2) is 22.6 Å². The van der Waals surface area contributed by atoms with Crippen LogP contribution in [0.2, 0.25) is 0 Å². The second kappa shape index (κ2) is 10.0. The van der Waals surface area contributed by atoms with Crippen LogP contribution in [0.5, 0.6) is 11.5 Å². The molecule has 11 nitrogen and oxygen atoms in total. The minimum atomic E-state index is 0. The molecule has 6 aromatic heterocycles. The minimum Gasteiger partial charge on any atom is -0.509 e. The van der Waals surface area contributed by atoms with Gasteiger partial charge in [-0.1, -0.05) is 35.6 Å². The summed E-state index contributed by atoms with van der Waals surface area (Å²) >= 11 is 0. The molecule has 220 valence electrons. The van der Waals surface area contributed by atoms with E-state index in [9.17, 15) is 0 Å². The van der Waals surface area contributed by atoms with Gasteiger partial charge in [0.1, 0.15) is 0 Å². The fourth-order valence-corrected chi connectivity index (χ4v) is 6.03. The van der Waals surface area contributed by atoms with E-state index in [0.717, 1.165) is 33.4 Å². The molecule has 0 N–H and O–H groups in total. The van der Waals surface area contributed by atoms with Crippen LogP contribution in [0.1, 0.15) is 0 Å². The zero-order valence-corrected chi connectivity index (χ0v) is 25.9. The Balaban J connectivity index is 0.00000292. The monoisotopic (exact) mass is 777 g/mol. The Labute approximate surface area is 273 Å². The van der Waals surface area contributed by atoms with Gasteiger partial charge < -0.3 is 4.74 Å². The van der Waals surface area contributed by atoms with Gasteiger partial charge in [-0.15, -0.1) is 36.4 Å². The van der Waals surface area contributed by atoms with E-state index in [4.69, 9.17) is 14.7 Å². The molecular weight excluding hydrogens is 760 g/mol. The van der Waals surface area contributed by atoms with Crippen LogP contribution in [0.3, 0.4) is 0 Å². The van der Waals surface area contributed by atoms with Crippen LogP contribution in [0.25, 0.3) is 67.6 Å². The summed E-state index contributed by atoms with van der Waals surface area (Å²) in [5.74, 6) is 2.40. The third-order valence-electron chi connectivity index (χ3n) is 7.86. The van der Waals surface area contributed by atoms with Crippen molar-refractivity contribution in [1.82, 2.24) is 47.8 Å². The first kappa shape index (κ1) is 26.5. The van der Waals surface area contributed by atoms with E-state index in [0.29, 0.717) is 45.6 Å². The van der Waals surface area contributed by atoms with Crippen molar-refractivity contribution in [3.63, 3.8) is 0 Å². The molecular formula is C34H18N10OPt. The van der Waals surface area contributed by atoms with Crippen molar-refractivity contribution in [2.45, 2.75) is 0 Å². The zero-order chi connectivity index (χ0) is 29.5. The molecule has 0 aliphatic heterocycles. The fraction of sp³-hybridized carbons (Fsp3) is 0. The number of benzene rings is 4. The summed E-state index contributed by atoms with van der Waals surface area (Å²) in [6, 6.07) is 34.2. The number of hydrogen-bond acceptors (Lipinski definition) is 7. The number of hydrogen-bond donors (Lipinski definition) is 0. The van der Waals surface area contributed by atoms with Crippen LogP contribution in [-0.4, -0.2) is 47.8 Å². The third kappa shape index (κ3) is 3.75. The molecule has 0 saturated carbocycles. The van der Waals surface area contributed by atoms with E-state index >= 15 is 0 Å². The Hall–Kier alpha value is -5.93. The molecule has 0 aliphatic rings. The summed E-state index contributed by atoms with van der Waals surface area (Å²) in [5, 5.41) is 0. The Morgan fingerprint density at radius 2 is 0.913 bits per heavy atom. The average Bonchev–Trinajstić information content (AvgIpc) is 3.81. The molecule has 0 fully saturated rings. The number of ether oxygens (including phenoxy) is 1. The summed E-state index contributed by atoms with van der Waals surface area (Å²) < 4.78 is 14.3. The predicted octanol–water partition coefficient (Wildman–Crippen LogP) is 6.15. The Morgan fingerprint density at radius 1 is 0.478 bits per heavy atom. The molecule has 10 rings (SSSR count). The van der Waals surface area contributed by atoms with E-state index in [-0.39, 0.29) is 21.1 Å².